The van der Waals surface area contributed by atoms with Crippen LogP contribution in [0.25, 0.3) is 11.3 Å². The van der Waals surface area contributed by atoms with Crippen molar-refractivity contribution in [1.82, 2.24) is 5.32 Å². The first-order chi connectivity index (χ1) is 11.4. The highest BCUT2D eigenvalue weighted by Gasteiger charge is 2.38. The molecule has 0 bridgehead atoms. The minimum Gasteiger partial charge on any atom is -0.464 e. The Bertz CT molecular complexity index is 675. The molecule has 24 heavy (non-hydrogen) atoms. The lowest BCUT2D eigenvalue weighted by molar-refractivity contribution is 0.0453. The van der Waals surface area contributed by atoms with E-state index in [4.69, 9.17) is 9.15 Å². The average Bonchev–Trinajstić information content (AvgIpc) is 3.17. The van der Waals surface area contributed by atoms with E-state index in [1.807, 2.05) is 45.0 Å². The summed E-state index contributed by atoms with van der Waals surface area (Å²) in [6, 6.07) is 12.1. The van der Waals surface area contributed by atoms with Gasteiger partial charge in [0.2, 0.25) is 0 Å². The third-order valence-corrected chi connectivity index (χ3v) is 4.44. The molecule has 0 saturated heterocycles. The number of furan rings is 1. The first kappa shape index (κ1) is 16.6. The van der Waals surface area contributed by atoms with Gasteiger partial charge in [0.1, 0.15) is 11.4 Å². The number of hydrogen-bond donors (Lipinski definition) is 1. The molecular formula is C20H25NO3. The fourth-order valence-corrected chi connectivity index (χ4v) is 3.36. The van der Waals surface area contributed by atoms with Gasteiger partial charge >= 0.3 is 6.09 Å². The summed E-state index contributed by atoms with van der Waals surface area (Å²) in [6.45, 7) is 5.64. The van der Waals surface area contributed by atoms with Gasteiger partial charge in [0.15, 0.2) is 0 Å². The molecular weight excluding hydrogens is 302 g/mol. The Balaban J connectivity index is 1.81. The molecule has 1 saturated carbocycles. The molecule has 1 N–H and O–H groups in total. The lowest BCUT2D eigenvalue weighted by Gasteiger charge is -2.32. The van der Waals surface area contributed by atoms with Gasteiger partial charge in [-0.15, -0.1) is 0 Å². The van der Waals surface area contributed by atoms with Gasteiger partial charge in [0, 0.05) is 5.56 Å². The predicted octanol–water partition coefficient (Wildman–Crippen LogP) is 5.24. The zero-order valence-corrected chi connectivity index (χ0v) is 14.6. The molecule has 1 amide bonds. The molecule has 1 aliphatic rings. The minimum absolute atomic E-state index is 0.329. The van der Waals surface area contributed by atoms with E-state index in [1.54, 1.807) is 6.26 Å². The summed E-state index contributed by atoms with van der Waals surface area (Å²) in [5.41, 5.74) is 1.34. The van der Waals surface area contributed by atoms with Crippen molar-refractivity contribution in [3.63, 3.8) is 0 Å². The van der Waals surface area contributed by atoms with Gasteiger partial charge in [-0.05, 0) is 51.3 Å². The van der Waals surface area contributed by atoms with Crippen LogP contribution in [-0.2, 0) is 10.3 Å². The molecule has 128 valence electrons. The minimum atomic E-state index is -0.493. The Morgan fingerprint density at radius 2 is 1.79 bits per heavy atom. The Morgan fingerprint density at radius 1 is 1.12 bits per heavy atom. The maximum Gasteiger partial charge on any atom is 0.408 e. The maximum atomic E-state index is 12.3. The van der Waals surface area contributed by atoms with Crippen LogP contribution in [0.2, 0.25) is 0 Å². The molecule has 1 fully saturated rings. The van der Waals surface area contributed by atoms with Crippen LogP contribution in [-0.4, -0.2) is 11.7 Å². The molecule has 0 radical (unpaired) electrons. The smallest absolute Gasteiger partial charge is 0.408 e. The lowest BCUT2D eigenvalue weighted by atomic mass is 9.87. The van der Waals surface area contributed by atoms with Crippen molar-refractivity contribution in [2.24, 2.45) is 0 Å². The Hall–Kier alpha value is -2.23. The number of nitrogens with one attached hydrogen (secondary N) is 1. The number of alkyl carbamates (subject to hydrolysis) is 1. The molecule has 2 aromatic rings. The van der Waals surface area contributed by atoms with Crippen molar-refractivity contribution in [1.29, 1.82) is 0 Å². The van der Waals surface area contributed by atoms with E-state index in [9.17, 15) is 4.79 Å². The van der Waals surface area contributed by atoms with Gasteiger partial charge in [-0.1, -0.05) is 37.1 Å². The summed E-state index contributed by atoms with van der Waals surface area (Å²) >= 11 is 0. The topological polar surface area (TPSA) is 51.5 Å². The zero-order valence-electron chi connectivity index (χ0n) is 14.6. The van der Waals surface area contributed by atoms with Gasteiger partial charge in [-0.3, -0.25) is 0 Å². The van der Waals surface area contributed by atoms with Crippen LogP contribution in [0, 0.1) is 0 Å². The van der Waals surface area contributed by atoms with E-state index < -0.39 is 5.60 Å². The second kappa shape index (κ2) is 6.34. The van der Waals surface area contributed by atoms with Gasteiger partial charge in [-0.25, -0.2) is 4.79 Å². The van der Waals surface area contributed by atoms with Crippen molar-refractivity contribution >= 4 is 6.09 Å². The summed E-state index contributed by atoms with van der Waals surface area (Å²) in [4.78, 5) is 12.3. The molecule has 1 aliphatic carbocycles. The second-order valence-electron chi connectivity index (χ2n) is 7.47. The van der Waals surface area contributed by atoms with Crippen LogP contribution in [0.1, 0.15) is 52.0 Å². The predicted molar refractivity (Wildman–Crippen MR) is 93.7 cm³/mol. The van der Waals surface area contributed by atoms with Crippen LogP contribution < -0.4 is 5.32 Å². The molecule has 1 aromatic carbocycles. The fourth-order valence-electron chi connectivity index (χ4n) is 3.36. The van der Waals surface area contributed by atoms with Crippen LogP contribution >= 0.6 is 0 Å². The highest BCUT2D eigenvalue weighted by atomic mass is 16.6. The molecule has 4 nitrogen and oxygen atoms in total. The number of hydrogen-bond acceptors (Lipinski definition) is 3. The molecule has 4 heteroatoms. The van der Waals surface area contributed by atoms with E-state index >= 15 is 0 Å². The van der Waals surface area contributed by atoms with Crippen molar-refractivity contribution in [3.05, 3.63) is 48.2 Å². The van der Waals surface area contributed by atoms with E-state index in [0.717, 1.165) is 42.6 Å². The van der Waals surface area contributed by atoms with E-state index in [-0.39, 0.29) is 11.6 Å². The van der Waals surface area contributed by atoms with Crippen LogP contribution in [0.5, 0.6) is 0 Å². The SMILES string of the molecule is CC(C)(C)OC(=O)NC1(c2ccc(-c3ccco3)cc2)CCCC1. The summed E-state index contributed by atoms with van der Waals surface area (Å²) in [6.07, 6.45) is 5.41. The first-order valence-corrected chi connectivity index (χ1v) is 8.54. The number of benzene rings is 1. The van der Waals surface area contributed by atoms with Crippen molar-refractivity contribution in [2.45, 2.75) is 57.6 Å². The Morgan fingerprint density at radius 3 is 2.33 bits per heavy atom. The first-order valence-electron chi connectivity index (χ1n) is 8.54. The number of amides is 1. The summed E-state index contributed by atoms with van der Waals surface area (Å²) in [5.74, 6) is 0.849. The van der Waals surface area contributed by atoms with Crippen molar-refractivity contribution < 1.29 is 13.9 Å². The molecule has 0 spiro atoms. The van der Waals surface area contributed by atoms with Crippen LogP contribution in [0.3, 0.4) is 0 Å². The standard InChI is InChI=1S/C20H25NO3/c1-19(2,3)24-18(22)21-20(12-4-5-13-20)16-10-8-15(9-11-16)17-7-6-14-23-17/h6-11,14H,4-5,12-13H2,1-3H3,(H,21,22). The fraction of sp³-hybridized carbons (Fsp3) is 0.450. The number of ether oxygens (including phenoxy) is 1. The molecule has 0 atom stereocenters. The largest absolute Gasteiger partial charge is 0.464 e. The maximum absolute atomic E-state index is 12.3. The number of rotatable bonds is 3. The van der Waals surface area contributed by atoms with Crippen molar-refractivity contribution in [2.75, 3.05) is 0 Å². The molecule has 0 unspecified atom stereocenters. The zero-order chi connectivity index (χ0) is 17.2. The quantitative estimate of drug-likeness (QED) is 0.838. The summed E-state index contributed by atoms with van der Waals surface area (Å²) in [5, 5.41) is 3.13. The molecule has 1 aromatic heterocycles. The van der Waals surface area contributed by atoms with Crippen LogP contribution in [0.4, 0.5) is 4.79 Å². The highest BCUT2D eigenvalue weighted by Crippen LogP contribution is 2.39. The van der Waals surface area contributed by atoms with Gasteiger partial charge in [-0.2, -0.15) is 0 Å². The van der Waals surface area contributed by atoms with E-state index in [1.165, 1.54) is 0 Å². The number of carbonyl (C=O) groups is 1. The van der Waals surface area contributed by atoms with E-state index in [0.29, 0.717) is 0 Å². The number of carbonyl (C=O) groups excluding carboxylic acids is 1. The summed E-state index contributed by atoms with van der Waals surface area (Å²) < 4.78 is 10.9. The van der Waals surface area contributed by atoms with Crippen molar-refractivity contribution in [3.8, 4) is 11.3 Å². The van der Waals surface area contributed by atoms with Gasteiger partial charge in [0.05, 0.1) is 11.8 Å². The van der Waals surface area contributed by atoms with Gasteiger partial charge < -0.3 is 14.5 Å². The summed E-state index contributed by atoms with van der Waals surface area (Å²) in [7, 11) is 0. The highest BCUT2D eigenvalue weighted by molar-refractivity contribution is 5.69. The molecule has 1 heterocycles. The Labute approximate surface area is 143 Å². The second-order valence-corrected chi connectivity index (χ2v) is 7.47. The Kier molecular flexibility index (Phi) is 4.39. The lowest BCUT2D eigenvalue weighted by Crippen LogP contribution is -2.46. The van der Waals surface area contributed by atoms with E-state index in [2.05, 4.69) is 17.4 Å². The van der Waals surface area contributed by atoms with Crippen LogP contribution in [0.15, 0.2) is 47.1 Å². The molecule has 0 aliphatic heterocycles. The van der Waals surface area contributed by atoms with Gasteiger partial charge in [0.25, 0.3) is 0 Å². The molecule has 3 rings (SSSR count). The normalized spacial score (nSPS) is 16.8. The monoisotopic (exact) mass is 327 g/mol. The third kappa shape index (κ3) is 3.64. The average molecular weight is 327 g/mol. The third-order valence-electron chi connectivity index (χ3n) is 4.44.